The normalized spacial score (nSPS) is 16.6. The number of aromatic nitrogens is 3. The van der Waals surface area contributed by atoms with Gasteiger partial charge in [0, 0.05) is 19.5 Å². The van der Waals surface area contributed by atoms with Crippen molar-refractivity contribution in [2.45, 2.75) is 25.8 Å². The third-order valence-electron chi connectivity index (χ3n) is 5.20. The second-order valence-corrected chi connectivity index (χ2v) is 7.22. The summed E-state index contributed by atoms with van der Waals surface area (Å²) < 4.78 is 2.11. The van der Waals surface area contributed by atoms with Crippen LogP contribution in [0.15, 0.2) is 67.0 Å². The summed E-state index contributed by atoms with van der Waals surface area (Å²) in [6, 6.07) is 20.3. The summed E-state index contributed by atoms with van der Waals surface area (Å²) in [6.45, 7) is 2.43. The molecule has 0 bridgehead atoms. The van der Waals surface area contributed by atoms with Gasteiger partial charge in [0.1, 0.15) is 12.2 Å². The molecule has 4 rings (SSSR count). The molecular formula is C22H24N4O. The summed E-state index contributed by atoms with van der Waals surface area (Å²) in [7, 11) is 0. The van der Waals surface area contributed by atoms with E-state index in [1.54, 1.807) is 6.33 Å². The molecule has 1 unspecified atom stereocenters. The number of benzene rings is 2. The van der Waals surface area contributed by atoms with Gasteiger partial charge in [0.25, 0.3) is 0 Å². The molecular weight excluding hydrogens is 336 g/mol. The summed E-state index contributed by atoms with van der Waals surface area (Å²) in [5.74, 6) is 1.67. The summed E-state index contributed by atoms with van der Waals surface area (Å²) in [4.78, 5) is 14.6. The summed E-state index contributed by atoms with van der Waals surface area (Å²) >= 11 is 0. The fourth-order valence-corrected chi connectivity index (χ4v) is 3.72. The zero-order valence-electron chi connectivity index (χ0n) is 15.4. The van der Waals surface area contributed by atoms with Crippen LogP contribution in [0.5, 0.6) is 0 Å². The van der Waals surface area contributed by atoms with Gasteiger partial charge in [-0.3, -0.25) is 4.79 Å². The molecule has 1 fully saturated rings. The van der Waals surface area contributed by atoms with E-state index in [0.717, 1.165) is 43.9 Å². The minimum atomic E-state index is 0.217. The van der Waals surface area contributed by atoms with E-state index in [9.17, 15) is 4.79 Å². The van der Waals surface area contributed by atoms with Crippen LogP contribution in [-0.2, 0) is 24.2 Å². The minimum Gasteiger partial charge on any atom is -0.342 e. The zero-order chi connectivity index (χ0) is 18.5. The first kappa shape index (κ1) is 17.5. The Morgan fingerprint density at radius 2 is 1.70 bits per heavy atom. The van der Waals surface area contributed by atoms with Gasteiger partial charge < -0.3 is 9.47 Å². The van der Waals surface area contributed by atoms with Gasteiger partial charge in [-0.25, -0.2) is 0 Å². The van der Waals surface area contributed by atoms with E-state index < -0.39 is 0 Å². The maximum atomic E-state index is 12.6. The minimum absolute atomic E-state index is 0.217. The van der Waals surface area contributed by atoms with Crippen LogP contribution in [0.3, 0.4) is 0 Å². The molecule has 27 heavy (non-hydrogen) atoms. The molecule has 0 N–H and O–H groups in total. The van der Waals surface area contributed by atoms with Crippen molar-refractivity contribution < 1.29 is 4.79 Å². The van der Waals surface area contributed by atoms with E-state index in [1.165, 1.54) is 5.56 Å². The van der Waals surface area contributed by atoms with E-state index >= 15 is 0 Å². The number of hydrogen-bond donors (Lipinski definition) is 0. The molecule has 1 aliphatic heterocycles. The maximum Gasteiger partial charge on any atom is 0.226 e. The third-order valence-corrected chi connectivity index (χ3v) is 5.20. The Bertz CT molecular complexity index is 876. The molecule has 138 valence electrons. The molecule has 0 saturated carbocycles. The fraction of sp³-hybridized carbons (Fsp3) is 0.318. The Kier molecular flexibility index (Phi) is 5.28. The van der Waals surface area contributed by atoms with Crippen LogP contribution in [0, 0.1) is 5.92 Å². The summed E-state index contributed by atoms with van der Waals surface area (Å²) in [5, 5.41) is 8.43. The Morgan fingerprint density at radius 1 is 1.00 bits per heavy atom. The molecule has 2 heterocycles. The maximum absolute atomic E-state index is 12.6. The second-order valence-electron chi connectivity index (χ2n) is 7.22. The topological polar surface area (TPSA) is 51.0 Å². The quantitative estimate of drug-likeness (QED) is 0.679. The first-order chi connectivity index (χ1) is 13.3. The number of carbonyl (C=O) groups is 1. The average molecular weight is 360 g/mol. The number of rotatable bonds is 6. The smallest absolute Gasteiger partial charge is 0.226 e. The van der Waals surface area contributed by atoms with Crippen LogP contribution in [-0.4, -0.2) is 38.7 Å². The number of likely N-dealkylation sites (tertiary alicyclic amines) is 1. The Balaban J connectivity index is 1.34. The number of amides is 1. The average Bonchev–Trinajstić information content (AvgIpc) is 3.34. The van der Waals surface area contributed by atoms with Gasteiger partial charge in [0.15, 0.2) is 0 Å². The summed E-state index contributed by atoms with van der Waals surface area (Å²) in [6.07, 6.45) is 4.17. The molecule has 5 heteroatoms. The molecule has 0 spiro atoms. The first-order valence-electron chi connectivity index (χ1n) is 9.50. The lowest BCUT2D eigenvalue weighted by atomic mass is 10.0. The van der Waals surface area contributed by atoms with Crippen LogP contribution in [0.1, 0.15) is 23.4 Å². The van der Waals surface area contributed by atoms with Gasteiger partial charge in [0.05, 0.1) is 13.0 Å². The van der Waals surface area contributed by atoms with Gasteiger partial charge in [-0.15, -0.1) is 10.2 Å². The van der Waals surface area contributed by atoms with E-state index in [1.807, 2.05) is 53.4 Å². The molecule has 1 amide bonds. The third kappa shape index (κ3) is 4.42. The lowest BCUT2D eigenvalue weighted by Gasteiger charge is -2.17. The van der Waals surface area contributed by atoms with E-state index in [4.69, 9.17) is 0 Å². The Labute approximate surface area is 159 Å². The van der Waals surface area contributed by atoms with Crippen molar-refractivity contribution in [1.82, 2.24) is 19.7 Å². The van der Waals surface area contributed by atoms with Crippen LogP contribution >= 0.6 is 0 Å². The highest BCUT2D eigenvalue weighted by Crippen LogP contribution is 2.21. The van der Waals surface area contributed by atoms with E-state index in [2.05, 4.69) is 26.9 Å². The first-order valence-corrected chi connectivity index (χ1v) is 9.50. The highest BCUT2D eigenvalue weighted by atomic mass is 16.2. The monoisotopic (exact) mass is 360 g/mol. The Hall–Kier alpha value is -2.95. The van der Waals surface area contributed by atoms with Crippen molar-refractivity contribution in [3.63, 3.8) is 0 Å². The SMILES string of the molecule is O=C(Cc1ccccc1)N1CCC(Cc2nncn2Cc2ccccc2)C1. The predicted octanol–water partition coefficient (Wildman–Crippen LogP) is 2.96. The van der Waals surface area contributed by atoms with Crippen LogP contribution in [0.4, 0.5) is 0 Å². The molecule has 0 radical (unpaired) electrons. The van der Waals surface area contributed by atoms with Crippen molar-refractivity contribution in [3.05, 3.63) is 83.9 Å². The van der Waals surface area contributed by atoms with Gasteiger partial charge >= 0.3 is 0 Å². The molecule has 1 atom stereocenters. The van der Waals surface area contributed by atoms with Gasteiger partial charge in [-0.1, -0.05) is 60.7 Å². The molecule has 1 saturated heterocycles. The molecule has 0 aliphatic carbocycles. The molecule has 3 aromatic rings. The number of carbonyl (C=O) groups excluding carboxylic acids is 1. The van der Waals surface area contributed by atoms with Crippen molar-refractivity contribution >= 4 is 5.91 Å². The highest BCUT2D eigenvalue weighted by molar-refractivity contribution is 5.79. The second kappa shape index (κ2) is 8.16. The lowest BCUT2D eigenvalue weighted by molar-refractivity contribution is -0.129. The highest BCUT2D eigenvalue weighted by Gasteiger charge is 2.27. The lowest BCUT2D eigenvalue weighted by Crippen LogP contribution is -2.30. The fourth-order valence-electron chi connectivity index (χ4n) is 3.72. The molecule has 1 aromatic heterocycles. The van der Waals surface area contributed by atoms with Crippen molar-refractivity contribution in [2.75, 3.05) is 13.1 Å². The predicted molar refractivity (Wildman–Crippen MR) is 104 cm³/mol. The Morgan fingerprint density at radius 3 is 2.44 bits per heavy atom. The van der Waals surface area contributed by atoms with Gasteiger partial charge in [0.2, 0.25) is 5.91 Å². The van der Waals surface area contributed by atoms with Crippen LogP contribution in [0.25, 0.3) is 0 Å². The zero-order valence-corrected chi connectivity index (χ0v) is 15.4. The van der Waals surface area contributed by atoms with Crippen molar-refractivity contribution in [1.29, 1.82) is 0 Å². The van der Waals surface area contributed by atoms with Crippen LogP contribution in [0.2, 0.25) is 0 Å². The number of hydrogen-bond acceptors (Lipinski definition) is 3. The van der Waals surface area contributed by atoms with Gasteiger partial charge in [-0.2, -0.15) is 0 Å². The molecule has 1 aliphatic rings. The number of nitrogens with zero attached hydrogens (tertiary/aromatic N) is 4. The van der Waals surface area contributed by atoms with Crippen molar-refractivity contribution in [3.8, 4) is 0 Å². The van der Waals surface area contributed by atoms with Gasteiger partial charge in [-0.05, 0) is 23.5 Å². The molecule has 2 aromatic carbocycles. The van der Waals surface area contributed by atoms with E-state index in [0.29, 0.717) is 12.3 Å². The molecule has 5 nitrogen and oxygen atoms in total. The van der Waals surface area contributed by atoms with Crippen molar-refractivity contribution in [2.24, 2.45) is 5.92 Å². The van der Waals surface area contributed by atoms with E-state index in [-0.39, 0.29) is 5.91 Å². The standard InChI is InChI=1S/C22H24N4O/c27-22(14-18-7-3-1-4-8-18)25-12-11-20(16-25)13-21-24-23-17-26(21)15-19-9-5-2-6-10-19/h1-10,17,20H,11-16H2. The van der Waals surface area contributed by atoms with Crippen LogP contribution < -0.4 is 0 Å². The largest absolute Gasteiger partial charge is 0.342 e. The summed E-state index contributed by atoms with van der Waals surface area (Å²) in [5.41, 5.74) is 2.32.